The monoisotopic (exact) mass is 447 g/mol. The molecule has 2 amide bonds. The Hall–Kier alpha value is -3.74. The zero-order valence-corrected chi connectivity index (χ0v) is 18.7. The first-order valence-corrected chi connectivity index (χ1v) is 10.9. The number of carbonyl (C=O) groups excluding carboxylic acids is 2. The van der Waals surface area contributed by atoms with Gasteiger partial charge in [-0.2, -0.15) is 0 Å². The molecule has 0 aliphatic carbocycles. The SMILES string of the molecule is COc1ccccc1CC(=O)N1CCc2c(cnc(C)c2CNC(=O)c2ccccc2F)C1. The molecule has 0 fully saturated rings. The summed E-state index contributed by atoms with van der Waals surface area (Å²) in [7, 11) is 1.60. The average molecular weight is 448 g/mol. The summed E-state index contributed by atoms with van der Waals surface area (Å²) in [6, 6.07) is 13.4. The number of para-hydroxylation sites is 1. The van der Waals surface area contributed by atoms with Crippen molar-refractivity contribution in [2.24, 2.45) is 0 Å². The molecular formula is C26H26FN3O3. The lowest BCUT2D eigenvalue weighted by molar-refractivity contribution is -0.131. The van der Waals surface area contributed by atoms with Gasteiger partial charge in [0.05, 0.1) is 19.1 Å². The minimum absolute atomic E-state index is 0.0148. The number of hydrogen-bond donors (Lipinski definition) is 1. The summed E-state index contributed by atoms with van der Waals surface area (Å²) in [6.45, 7) is 3.19. The van der Waals surface area contributed by atoms with Crippen LogP contribution in [0.15, 0.2) is 54.7 Å². The molecule has 1 aliphatic rings. The van der Waals surface area contributed by atoms with Gasteiger partial charge in [-0.05, 0) is 48.2 Å². The third-order valence-electron chi connectivity index (χ3n) is 6.03. The molecule has 3 aromatic rings. The van der Waals surface area contributed by atoms with E-state index in [-0.39, 0.29) is 24.4 Å². The summed E-state index contributed by atoms with van der Waals surface area (Å²) in [5.74, 6) is -0.285. The van der Waals surface area contributed by atoms with E-state index in [4.69, 9.17) is 4.74 Å². The standard InChI is InChI=1S/C26H26FN3O3/c1-17-22(15-29-26(32)21-8-4-5-9-23(21)27)20-11-12-30(16-19(20)14-28-17)25(31)13-18-7-3-6-10-24(18)33-2/h3-10,14H,11-13,15-16H2,1-2H3,(H,29,32). The second-order valence-corrected chi connectivity index (χ2v) is 8.04. The van der Waals surface area contributed by atoms with Crippen molar-refractivity contribution in [3.8, 4) is 5.75 Å². The van der Waals surface area contributed by atoms with Crippen LogP contribution in [0.4, 0.5) is 4.39 Å². The number of aromatic nitrogens is 1. The second-order valence-electron chi connectivity index (χ2n) is 8.04. The maximum absolute atomic E-state index is 13.9. The number of carbonyl (C=O) groups is 2. The van der Waals surface area contributed by atoms with E-state index >= 15 is 0 Å². The maximum Gasteiger partial charge on any atom is 0.254 e. The fourth-order valence-electron chi connectivity index (χ4n) is 4.20. The minimum Gasteiger partial charge on any atom is -0.496 e. The Morgan fingerprint density at radius 3 is 2.70 bits per heavy atom. The van der Waals surface area contributed by atoms with Crippen molar-refractivity contribution >= 4 is 11.8 Å². The quantitative estimate of drug-likeness (QED) is 0.627. The summed E-state index contributed by atoms with van der Waals surface area (Å²) in [4.78, 5) is 31.7. The van der Waals surface area contributed by atoms with E-state index in [9.17, 15) is 14.0 Å². The van der Waals surface area contributed by atoms with Crippen LogP contribution in [0.1, 0.15) is 38.3 Å². The number of hydrogen-bond acceptors (Lipinski definition) is 4. The predicted molar refractivity (Wildman–Crippen MR) is 122 cm³/mol. The zero-order valence-electron chi connectivity index (χ0n) is 18.7. The molecule has 4 rings (SSSR count). The summed E-state index contributed by atoms with van der Waals surface area (Å²) >= 11 is 0. The van der Waals surface area contributed by atoms with Crippen LogP contribution in [-0.4, -0.2) is 35.4 Å². The van der Waals surface area contributed by atoms with Crippen molar-refractivity contribution in [1.29, 1.82) is 0 Å². The van der Waals surface area contributed by atoms with Crippen LogP contribution >= 0.6 is 0 Å². The van der Waals surface area contributed by atoms with Crippen molar-refractivity contribution in [2.45, 2.75) is 32.9 Å². The molecule has 0 atom stereocenters. The highest BCUT2D eigenvalue weighted by Gasteiger charge is 2.25. The second kappa shape index (κ2) is 9.81. The number of amides is 2. The molecule has 0 radical (unpaired) electrons. The molecule has 1 aliphatic heterocycles. The fourth-order valence-corrected chi connectivity index (χ4v) is 4.20. The van der Waals surface area contributed by atoms with Gasteiger partial charge < -0.3 is 15.0 Å². The van der Waals surface area contributed by atoms with Gasteiger partial charge >= 0.3 is 0 Å². The van der Waals surface area contributed by atoms with Gasteiger partial charge in [-0.25, -0.2) is 4.39 Å². The van der Waals surface area contributed by atoms with Crippen molar-refractivity contribution in [2.75, 3.05) is 13.7 Å². The number of fused-ring (bicyclic) bond motifs is 1. The minimum atomic E-state index is -0.552. The third kappa shape index (κ3) is 4.87. The number of aryl methyl sites for hydroxylation is 1. The molecule has 0 bridgehead atoms. The Kier molecular flexibility index (Phi) is 6.68. The van der Waals surface area contributed by atoms with Crippen LogP contribution < -0.4 is 10.1 Å². The molecule has 1 aromatic heterocycles. The molecule has 0 unspecified atom stereocenters. The van der Waals surface area contributed by atoms with Crippen LogP contribution in [0, 0.1) is 12.7 Å². The molecule has 2 aromatic carbocycles. The van der Waals surface area contributed by atoms with Crippen LogP contribution in [0.3, 0.4) is 0 Å². The Bertz CT molecular complexity index is 1200. The van der Waals surface area contributed by atoms with E-state index < -0.39 is 11.7 Å². The molecule has 0 saturated carbocycles. The number of benzene rings is 2. The van der Waals surface area contributed by atoms with Crippen LogP contribution in [-0.2, 0) is 30.7 Å². The summed E-state index contributed by atoms with van der Waals surface area (Å²) < 4.78 is 19.3. The molecule has 33 heavy (non-hydrogen) atoms. The fraction of sp³-hybridized carbons (Fsp3) is 0.269. The first-order chi connectivity index (χ1) is 16.0. The average Bonchev–Trinajstić information content (AvgIpc) is 2.83. The smallest absolute Gasteiger partial charge is 0.254 e. The number of pyridine rings is 1. The summed E-state index contributed by atoms with van der Waals surface area (Å²) in [6.07, 6.45) is 2.74. The Morgan fingerprint density at radius 2 is 1.91 bits per heavy atom. The van der Waals surface area contributed by atoms with Crippen molar-refractivity contribution in [1.82, 2.24) is 15.2 Å². The Labute approximate surface area is 192 Å². The number of halogens is 1. The zero-order chi connectivity index (χ0) is 23.4. The van der Waals surface area contributed by atoms with Gasteiger partial charge in [-0.3, -0.25) is 14.6 Å². The highest BCUT2D eigenvalue weighted by atomic mass is 19.1. The molecule has 0 spiro atoms. The summed E-state index contributed by atoms with van der Waals surface area (Å²) in [5, 5.41) is 2.81. The first-order valence-electron chi connectivity index (χ1n) is 10.9. The molecule has 6 nitrogen and oxygen atoms in total. The third-order valence-corrected chi connectivity index (χ3v) is 6.03. The highest BCUT2D eigenvalue weighted by molar-refractivity contribution is 5.94. The van der Waals surface area contributed by atoms with E-state index in [1.807, 2.05) is 36.1 Å². The van der Waals surface area contributed by atoms with Gasteiger partial charge in [-0.15, -0.1) is 0 Å². The normalized spacial score (nSPS) is 12.8. The van der Waals surface area contributed by atoms with E-state index in [0.29, 0.717) is 25.3 Å². The predicted octanol–water partition coefficient (Wildman–Crippen LogP) is 3.60. The molecule has 2 heterocycles. The Morgan fingerprint density at radius 1 is 1.15 bits per heavy atom. The number of rotatable bonds is 6. The number of nitrogens with one attached hydrogen (secondary N) is 1. The number of nitrogens with zero attached hydrogens (tertiary/aromatic N) is 2. The van der Waals surface area contributed by atoms with Gasteiger partial charge in [0, 0.05) is 37.1 Å². The Balaban J connectivity index is 1.47. The van der Waals surface area contributed by atoms with E-state index in [1.54, 1.807) is 25.4 Å². The first kappa shape index (κ1) is 22.5. The molecule has 0 saturated heterocycles. The molecular weight excluding hydrogens is 421 g/mol. The van der Waals surface area contributed by atoms with Gasteiger partial charge in [-0.1, -0.05) is 30.3 Å². The summed E-state index contributed by atoms with van der Waals surface area (Å²) in [5.41, 5.74) is 4.67. The topological polar surface area (TPSA) is 71.5 Å². The lowest BCUT2D eigenvalue weighted by Gasteiger charge is -2.31. The van der Waals surface area contributed by atoms with Gasteiger partial charge in [0.2, 0.25) is 5.91 Å². The highest BCUT2D eigenvalue weighted by Crippen LogP contribution is 2.26. The molecule has 170 valence electrons. The maximum atomic E-state index is 13.9. The van der Waals surface area contributed by atoms with E-state index in [2.05, 4.69) is 10.3 Å². The van der Waals surface area contributed by atoms with Gasteiger partial charge in [0.15, 0.2) is 0 Å². The largest absolute Gasteiger partial charge is 0.496 e. The molecule has 1 N–H and O–H groups in total. The lowest BCUT2D eigenvalue weighted by Crippen LogP contribution is -2.38. The van der Waals surface area contributed by atoms with Crippen LogP contribution in [0.5, 0.6) is 5.75 Å². The van der Waals surface area contributed by atoms with Gasteiger partial charge in [0.25, 0.3) is 5.91 Å². The number of ether oxygens (including phenoxy) is 1. The van der Waals surface area contributed by atoms with E-state index in [0.717, 1.165) is 27.9 Å². The van der Waals surface area contributed by atoms with E-state index in [1.165, 1.54) is 12.1 Å². The van der Waals surface area contributed by atoms with Crippen molar-refractivity contribution in [3.05, 3.63) is 94.1 Å². The van der Waals surface area contributed by atoms with Crippen molar-refractivity contribution in [3.63, 3.8) is 0 Å². The van der Waals surface area contributed by atoms with Crippen LogP contribution in [0.2, 0.25) is 0 Å². The van der Waals surface area contributed by atoms with Gasteiger partial charge in [0.1, 0.15) is 11.6 Å². The van der Waals surface area contributed by atoms with Crippen LogP contribution in [0.25, 0.3) is 0 Å². The lowest BCUT2D eigenvalue weighted by atomic mass is 9.94. The number of methoxy groups -OCH3 is 1. The van der Waals surface area contributed by atoms with Crippen molar-refractivity contribution < 1.29 is 18.7 Å². The molecule has 7 heteroatoms.